The lowest BCUT2D eigenvalue weighted by Gasteiger charge is -2.33. The van der Waals surface area contributed by atoms with Crippen LogP contribution in [0.15, 0.2) is 12.4 Å². The molecule has 9 heteroatoms. The van der Waals surface area contributed by atoms with Gasteiger partial charge in [0.2, 0.25) is 0 Å². The maximum atomic E-state index is 13.1. The van der Waals surface area contributed by atoms with E-state index in [-0.39, 0.29) is 11.8 Å². The molecule has 0 spiro atoms. The molecule has 1 N–H and O–H groups in total. The van der Waals surface area contributed by atoms with E-state index in [0.717, 1.165) is 41.6 Å². The van der Waals surface area contributed by atoms with E-state index in [1.165, 1.54) is 11.3 Å². The third kappa shape index (κ3) is 3.78. The molecule has 28 heavy (non-hydrogen) atoms. The lowest BCUT2D eigenvalue weighted by Crippen LogP contribution is -2.40. The Balaban J connectivity index is 1.39. The molecular weight excluding hydrogens is 378 g/mol. The van der Waals surface area contributed by atoms with Gasteiger partial charge in [-0.1, -0.05) is 11.3 Å². The van der Waals surface area contributed by atoms with Crippen molar-refractivity contribution in [1.82, 2.24) is 19.4 Å². The summed E-state index contributed by atoms with van der Waals surface area (Å²) in [6.07, 6.45) is 4.50. The monoisotopic (exact) mass is 405 g/mol. The Labute approximate surface area is 168 Å². The number of piperidine rings is 1. The van der Waals surface area contributed by atoms with Gasteiger partial charge in [-0.15, -0.1) is 0 Å². The molecule has 1 unspecified atom stereocenters. The van der Waals surface area contributed by atoms with Crippen LogP contribution in [0.25, 0.3) is 0 Å². The first-order valence-electron chi connectivity index (χ1n) is 9.79. The number of carbonyl (C=O) groups excluding carboxylic acids is 1. The predicted octanol–water partition coefficient (Wildman–Crippen LogP) is 1.61. The van der Waals surface area contributed by atoms with Crippen LogP contribution >= 0.6 is 11.3 Å². The highest BCUT2D eigenvalue weighted by molar-refractivity contribution is 7.17. The zero-order chi connectivity index (χ0) is 19.7. The first-order valence-corrected chi connectivity index (χ1v) is 10.6. The van der Waals surface area contributed by atoms with E-state index in [9.17, 15) is 9.90 Å². The second-order valence-electron chi connectivity index (χ2n) is 7.48. The third-order valence-corrected chi connectivity index (χ3v) is 6.86. The molecule has 2 saturated heterocycles. The fraction of sp³-hybridized carbons (Fsp3) is 0.632. The van der Waals surface area contributed by atoms with Gasteiger partial charge in [0.05, 0.1) is 18.9 Å². The van der Waals surface area contributed by atoms with Gasteiger partial charge in [0.1, 0.15) is 16.8 Å². The molecule has 0 aliphatic carbocycles. The molecule has 0 bridgehead atoms. The summed E-state index contributed by atoms with van der Waals surface area (Å²) in [7, 11) is 1.89. The van der Waals surface area contributed by atoms with Gasteiger partial charge in [-0.05, 0) is 25.7 Å². The number of hydrogen-bond donors (Lipinski definition) is 1. The average molecular weight is 406 g/mol. The molecule has 2 aliphatic heterocycles. The Kier molecular flexibility index (Phi) is 5.65. The molecule has 1 atom stereocenters. The van der Waals surface area contributed by atoms with Crippen LogP contribution in [0.5, 0.6) is 0 Å². The minimum atomic E-state index is -0.588. The van der Waals surface area contributed by atoms with Crippen LogP contribution in [0, 0.1) is 12.8 Å². The van der Waals surface area contributed by atoms with E-state index in [4.69, 9.17) is 4.74 Å². The number of nitrogens with zero attached hydrogens (tertiary/aromatic N) is 5. The molecule has 2 aliphatic rings. The van der Waals surface area contributed by atoms with Crippen LogP contribution in [0.3, 0.4) is 0 Å². The maximum Gasteiger partial charge on any atom is 0.265 e. The first kappa shape index (κ1) is 19.4. The highest BCUT2D eigenvalue weighted by Gasteiger charge is 2.32. The standard InChI is InChI=1S/C19H27N5O3S/c1-13-16(28-19(21-13)24-9-11-27-12-10-24)18(26)23-6-3-14(4-7-23)15(25)17-20-5-8-22(17)2/h5,8,14-15,25H,3-4,6-7,9-12H2,1-2H3. The Morgan fingerprint density at radius 3 is 2.64 bits per heavy atom. The molecule has 8 nitrogen and oxygen atoms in total. The molecule has 4 heterocycles. The largest absolute Gasteiger partial charge is 0.385 e. The number of ether oxygens (including phenoxy) is 1. The van der Waals surface area contributed by atoms with Crippen LogP contribution in [-0.2, 0) is 11.8 Å². The number of aliphatic hydroxyl groups is 1. The quantitative estimate of drug-likeness (QED) is 0.832. The van der Waals surface area contributed by atoms with Crippen LogP contribution < -0.4 is 4.90 Å². The lowest BCUT2D eigenvalue weighted by molar-refractivity contribution is 0.0422. The number of carbonyl (C=O) groups is 1. The third-order valence-electron chi connectivity index (χ3n) is 5.66. The SMILES string of the molecule is Cc1nc(N2CCOCC2)sc1C(=O)N1CCC(C(O)c2nccn2C)CC1. The molecule has 0 saturated carbocycles. The summed E-state index contributed by atoms with van der Waals surface area (Å²) >= 11 is 1.48. The number of aliphatic hydroxyl groups excluding tert-OH is 1. The number of aromatic nitrogens is 3. The van der Waals surface area contributed by atoms with Crippen molar-refractivity contribution in [2.75, 3.05) is 44.3 Å². The predicted molar refractivity (Wildman–Crippen MR) is 107 cm³/mol. The minimum Gasteiger partial charge on any atom is -0.385 e. The van der Waals surface area contributed by atoms with E-state index in [0.29, 0.717) is 32.1 Å². The number of anilines is 1. The molecule has 2 aromatic heterocycles. The van der Waals surface area contributed by atoms with Crippen molar-refractivity contribution in [3.05, 3.63) is 28.8 Å². The Hall–Kier alpha value is -1.97. The Morgan fingerprint density at radius 1 is 1.29 bits per heavy atom. The van der Waals surface area contributed by atoms with Crippen LogP contribution in [-0.4, -0.2) is 69.8 Å². The van der Waals surface area contributed by atoms with Crippen molar-refractivity contribution in [3.63, 3.8) is 0 Å². The minimum absolute atomic E-state index is 0.0550. The number of thiazole rings is 1. The summed E-state index contributed by atoms with van der Waals surface area (Å²) in [5.74, 6) is 0.870. The summed E-state index contributed by atoms with van der Waals surface area (Å²) in [6, 6.07) is 0. The summed E-state index contributed by atoms with van der Waals surface area (Å²) in [6.45, 7) is 6.24. The fourth-order valence-electron chi connectivity index (χ4n) is 3.91. The van der Waals surface area contributed by atoms with E-state index in [1.807, 2.05) is 29.6 Å². The van der Waals surface area contributed by atoms with Crippen molar-refractivity contribution >= 4 is 22.4 Å². The van der Waals surface area contributed by atoms with E-state index in [2.05, 4.69) is 14.9 Å². The zero-order valence-corrected chi connectivity index (χ0v) is 17.2. The van der Waals surface area contributed by atoms with Crippen molar-refractivity contribution < 1.29 is 14.6 Å². The number of likely N-dealkylation sites (tertiary alicyclic amines) is 1. The first-order chi connectivity index (χ1) is 13.5. The van der Waals surface area contributed by atoms with Gasteiger partial charge in [0.25, 0.3) is 5.91 Å². The van der Waals surface area contributed by atoms with Crippen LogP contribution in [0.4, 0.5) is 5.13 Å². The van der Waals surface area contributed by atoms with Gasteiger partial charge in [-0.25, -0.2) is 9.97 Å². The van der Waals surface area contributed by atoms with Gasteiger partial charge in [-0.3, -0.25) is 4.79 Å². The smallest absolute Gasteiger partial charge is 0.265 e. The van der Waals surface area contributed by atoms with Crippen molar-refractivity contribution in [2.45, 2.75) is 25.9 Å². The number of aryl methyl sites for hydroxylation is 2. The van der Waals surface area contributed by atoms with Crippen molar-refractivity contribution in [1.29, 1.82) is 0 Å². The van der Waals surface area contributed by atoms with E-state index in [1.54, 1.807) is 6.20 Å². The molecule has 1 amide bonds. The normalized spacial score (nSPS) is 19.8. The number of imidazole rings is 1. The lowest BCUT2D eigenvalue weighted by atomic mass is 9.90. The summed E-state index contributed by atoms with van der Waals surface area (Å²) in [5, 5.41) is 11.5. The molecule has 2 fully saturated rings. The number of hydrogen-bond acceptors (Lipinski definition) is 7. The van der Waals surface area contributed by atoms with Crippen LogP contribution in [0.2, 0.25) is 0 Å². The van der Waals surface area contributed by atoms with Crippen molar-refractivity contribution in [2.24, 2.45) is 13.0 Å². The molecular formula is C19H27N5O3S. The van der Waals surface area contributed by atoms with Crippen LogP contribution in [0.1, 0.15) is 40.1 Å². The molecule has 4 rings (SSSR count). The topological polar surface area (TPSA) is 83.7 Å². The van der Waals surface area contributed by atoms with Crippen molar-refractivity contribution in [3.8, 4) is 0 Å². The summed E-state index contributed by atoms with van der Waals surface area (Å²) < 4.78 is 7.26. The second-order valence-corrected chi connectivity index (χ2v) is 8.46. The van der Waals surface area contributed by atoms with Gasteiger partial charge >= 0.3 is 0 Å². The van der Waals surface area contributed by atoms with E-state index >= 15 is 0 Å². The summed E-state index contributed by atoms with van der Waals surface area (Å²) in [5.41, 5.74) is 0.798. The Bertz CT molecular complexity index is 821. The molecule has 2 aromatic rings. The molecule has 0 aromatic carbocycles. The maximum absolute atomic E-state index is 13.1. The average Bonchev–Trinajstić information content (AvgIpc) is 3.33. The summed E-state index contributed by atoms with van der Waals surface area (Å²) in [4.78, 5) is 26.7. The Morgan fingerprint density at radius 2 is 2.00 bits per heavy atom. The highest BCUT2D eigenvalue weighted by Crippen LogP contribution is 2.32. The second kappa shape index (κ2) is 8.18. The van der Waals surface area contributed by atoms with Gasteiger partial charge in [-0.2, -0.15) is 0 Å². The number of morpholine rings is 1. The van der Waals surface area contributed by atoms with Gasteiger partial charge in [0.15, 0.2) is 5.13 Å². The molecule has 0 radical (unpaired) electrons. The van der Waals surface area contributed by atoms with E-state index < -0.39 is 6.10 Å². The number of amides is 1. The zero-order valence-electron chi connectivity index (χ0n) is 16.4. The van der Waals surface area contributed by atoms with Gasteiger partial charge in [0, 0.05) is 45.6 Å². The molecule has 152 valence electrons. The highest BCUT2D eigenvalue weighted by atomic mass is 32.1. The van der Waals surface area contributed by atoms with Gasteiger partial charge < -0.3 is 24.2 Å². The fourth-order valence-corrected chi connectivity index (χ4v) is 4.99. The number of rotatable bonds is 4.